The summed E-state index contributed by atoms with van der Waals surface area (Å²) >= 11 is 2.48. The molecule has 184 valence electrons. The fraction of sp³-hybridized carbons (Fsp3) is 0.136. The van der Waals surface area contributed by atoms with Crippen LogP contribution >= 0.6 is 23.1 Å². The van der Waals surface area contributed by atoms with Gasteiger partial charge in [0, 0.05) is 29.3 Å². The molecule has 2 aromatic heterocycles. The van der Waals surface area contributed by atoms with E-state index < -0.39 is 10.8 Å². The molecule has 4 rings (SSSR count). The van der Waals surface area contributed by atoms with Gasteiger partial charge in [0.25, 0.3) is 11.6 Å². The maximum Gasteiger partial charge on any atom is 0.269 e. The van der Waals surface area contributed by atoms with E-state index in [1.807, 2.05) is 18.2 Å². The number of hydrogen-bond donors (Lipinski definition) is 2. The van der Waals surface area contributed by atoms with Gasteiger partial charge in [-0.25, -0.2) is 4.98 Å². The molecule has 0 aliphatic rings. The number of nitrogens with one attached hydrogen (secondary N) is 2. The van der Waals surface area contributed by atoms with Gasteiger partial charge in [-0.3, -0.25) is 24.3 Å². The molecular weight excluding hydrogens is 506 g/mol. The van der Waals surface area contributed by atoms with Crippen LogP contribution in [-0.2, 0) is 11.3 Å². The van der Waals surface area contributed by atoms with Gasteiger partial charge in [0.1, 0.15) is 5.75 Å². The van der Waals surface area contributed by atoms with Crippen molar-refractivity contribution in [3.05, 3.63) is 81.6 Å². The largest absolute Gasteiger partial charge is 0.495 e. The number of methoxy groups -OCH3 is 1. The van der Waals surface area contributed by atoms with Crippen molar-refractivity contribution < 1.29 is 19.2 Å². The average Bonchev–Trinajstić information content (AvgIpc) is 3.55. The Morgan fingerprint density at radius 2 is 1.94 bits per heavy atom. The first-order valence-electron chi connectivity index (χ1n) is 10.4. The number of benzene rings is 2. The fourth-order valence-electron chi connectivity index (χ4n) is 3.13. The highest BCUT2D eigenvalue weighted by molar-refractivity contribution is 7.99. The predicted octanol–water partition coefficient (Wildman–Crippen LogP) is 3.30. The van der Waals surface area contributed by atoms with Crippen LogP contribution in [0.25, 0.3) is 5.69 Å². The number of nitrogens with zero attached hydrogens (tertiary/aromatic N) is 5. The Morgan fingerprint density at radius 1 is 1.17 bits per heavy atom. The zero-order chi connectivity index (χ0) is 25.5. The number of rotatable bonds is 10. The summed E-state index contributed by atoms with van der Waals surface area (Å²) in [6.45, 7) is 0.00669. The van der Waals surface area contributed by atoms with E-state index in [1.54, 1.807) is 22.2 Å². The topological polar surface area (TPSA) is 154 Å². The zero-order valence-electron chi connectivity index (χ0n) is 18.8. The van der Waals surface area contributed by atoms with E-state index >= 15 is 0 Å². The van der Waals surface area contributed by atoms with Crippen LogP contribution in [0.15, 0.2) is 65.3 Å². The standard InChI is InChI=1S/C22H19N7O5S2/c1-34-17-5-3-2-4-16(17)28-18(12-24-20(31)14-6-8-15(9-7-14)29(32)33)26-27-22(28)36-13-19(30)25-21-23-10-11-35-21/h2-11H,12-13H2,1H3,(H,24,31)(H,23,25,30). The third-order valence-electron chi connectivity index (χ3n) is 4.78. The highest BCUT2D eigenvalue weighted by Gasteiger charge is 2.20. The number of thiazole rings is 1. The van der Waals surface area contributed by atoms with E-state index in [4.69, 9.17) is 4.74 Å². The molecule has 0 saturated heterocycles. The van der Waals surface area contributed by atoms with Gasteiger partial charge in [0.15, 0.2) is 16.1 Å². The number of amides is 2. The number of hydrogen-bond acceptors (Lipinski definition) is 10. The van der Waals surface area contributed by atoms with E-state index in [-0.39, 0.29) is 29.5 Å². The molecule has 14 heteroatoms. The van der Waals surface area contributed by atoms with E-state index in [1.165, 1.54) is 54.5 Å². The van der Waals surface area contributed by atoms with Gasteiger partial charge in [0.05, 0.1) is 30.0 Å². The lowest BCUT2D eigenvalue weighted by Gasteiger charge is -2.14. The maximum atomic E-state index is 12.6. The molecule has 0 saturated carbocycles. The third kappa shape index (κ3) is 5.84. The van der Waals surface area contributed by atoms with Crippen LogP contribution in [0.2, 0.25) is 0 Å². The first-order chi connectivity index (χ1) is 17.5. The van der Waals surface area contributed by atoms with E-state index in [2.05, 4.69) is 25.8 Å². The lowest BCUT2D eigenvalue weighted by Crippen LogP contribution is -2.24. The van der Waals surface area contributed by atoms with Gasteiger partial charge in [-0.15, -0.1) is 21.5 Å². The van der Waals surface area contributed by atoms with Gasteiger partial charge >= 0.3 is 0 Å². The number of thioether (sulfide) groups is 1. The van der Waals surface area contributed by atoms with Gasteiger partial charge in [-0.1, -0.05) is 23.9 Å². The van der Waals surface area contributed by atoms with Crippen molar-refractivity contribution in [3.8, 4) is 11.4 Å². The number of ether oxygens (including phenoxy) is 1. The second-order valence-electron chi connectivity index (χ2n) is 7.07. The molecule has 0 spiro atoms. The smallest absolute Gasteiger partial charge is 0.269 e. The Morgan fingerprint density at radius 3 is 2.64 bits per heavy atom. The maximum absolute atomic E-state index is 12.6. The minimum atomic E-state index is -0.534. The van der Waals surface area contributed by atoms with E-state index in [9.17, 15) is 19.7 Å². The third-order valence-corrected chi connectivity index (χ3v) is 6.40. The molecule has 2 heterocycles. The number of anilines is 1. The number of carbonyl (C=O) groups is 2. The van der Waals surface area contributed by atoms with Crippen LogP contribution in [0.3, 0.4) is 0 Å². The van der Waals surface area contributed by atoms with E-state index in [0.29, 0.717) is 27.5 Å². The van der Waals surface area contributed by atoms with Crippen molar-refractivity contribution in [1.29, 1.82) is 0 Å². The monoisotopic (exact) mass is 525 g/mol. The van der Waals surface area contributed by atoms with Crippen LogP contribution in [0, 0.1) is 10.1 Å². The average molecular weight is 526 g/mol. The Bertz CT molecular complexity index is 1370. The van der Waals surface area contributed by atoms with Crippen LogP contribution in [-0.4, -0.2) is 49.3 Å². The predicted molar refractivity (Wildman–Crippen MR) is 134 cm³/mol. The Balaban J connectivity index is 1.53. The molecule has 12 nitrogen and oxygen atoms in total. The Labute approximate surface area is 212 Å². The first kappa shape index (κ1) is 24.8. The van der Waals surface area contributed by atoms with Crippen LogP contribution in [0.4, 0.5) is 10.8 Å². The SMILES string of the molecule is COc1ccccc1-n1c(CNC(=O)c2ccc([N+](=O)[O-])cc2)nnc1SCC(=O)Nc1nccs1. The summed E-state index contributed by atoms with van der Waals surface area (Å²) in [5, 5.41) is 27.4. The van der Waals surface area contributed by atoms with Crippen molar-refractivity contribution in [2.45, 2.75) is 11.7 Å². The molecule has 36 heavy (non-hydrogen) atoms. The summed E-state index contributed by atoms with van der Waals surface area (Å²) in [5.41, 5.74) is 0.785. The van der Waals surface area contributed by atoms with Gasteiger partial charge in [-0.2, -0.15) is 0 Å². The number of aromatic nitrogens is 4. The molecule has 2 N–H and O–H groups in total. The van der Waals surface area contributed by atoms with Crippen LogP contribution in [0.5, 0.6) is 5.75 Å². The summed E-state index contributed by atoms with van der Waals surface area (Å²) in [5.74, 6) is 0.322. The number of nitro benzene ring substituents is 1. The minimum Gasteiger partial charge on any atom is -0.495 e. The van der Waals surface area contributed by atoms with Gasteiger partial charge < -0.3 is 15.4 Å². The second-order valence-corrected chi connectivity index (χ2v) is 8.90. The van der Waals surface area contributed by atoms with Gasteiger partial charge in [-0.05, 0) is 24.3 Å². The molecule has 2 aromatic carbocycles. The summed E-state index contributed by atoms with van der Waals surface area (Å²) in [6.07, 6.45) is 1.60. The van der Waals surface area contributed by atoms with Crippen molar-refractivity contribution in [3.63, 3.8) is 0 Å². The molecule has 2 amide bonds. The van der Waals surface area contributed by atoms with Gasteiger partial charge in [0.2, 0.25) is 5.91 Å². The summed E-state index contributed by atoms with van der Waals surface area (Å²) in [6, 6.07) is 12.5. The number of carbonyl (C=O) groups excluding carboxylic acids is 2. The summed E-state index contributed by atoms with van der Waals surface area (Å²) < 4.78 is 7.19. The fourth-order valence-corrected chi connectivity index (χ4v) is 4.44. The Hall–Kier alpha value is -4.30. The molecular formula is C22H19N7O5S2. The molecule has 4 aromatic rings. The Kier molecular flexibility index (Phi) is 7.87. The van der Waals surface area contributed by atoms with E-state index in [0.717, 1.165) is 0 Å². The molecule has 0 radical (unpaired) electrons. The second kappa shape index (κ2) is 11.4. The lowest BCUT2D eigenvalue weighted by atomic mass is 10.2. The highest BCUT2D eigenvalue weighted by Crippen LogP contribution is 2.29. The molecule has 0 bridgehead atoms. The quantitative estimate of drug-likeness (QED) is 0.180. The summed E-state index contributed by atoms with van der Waals surface area (Å²) in [7, 11) is 1.54. The number of non-ortho nitro benzene ring substituents is 1. The lowest BCUT2D eigenvalue weighted by molar-refractivity contribution is -0.384. The van der Waals surface area contributed by atoms with Crippen molar-refractivity contribution in [2.24, 2.45) is 0 Å². The first-order valence-corrected chi connectivity index (χ1v) is 12.2. The number of nitro groups is 1. The van der Waals surface area contributed by atoms with Crippen molar-refractivity contribution in [1.82, 2.24) is 25.1 Å². The zero-order valence-corrected chi connectivity index (χ0v) is 20.4. The number of para-hydroxylation sites is 2. The molecule has 0 atom stereocenters. The highest BCUT2D eigenvalue weighted by atomic mass is 32.2. The minimum absolute atomic E-state index is 0.00669. The molecule has 0 aliphatic carbocycles. The molecule has 0 unspecified atom stereocenters. The normalized spacial score (nSPS) is 10.6. The van der Waals surface area contributed by atoms with Crippen molar-refractivity contribution in [2.75, 3.05) is 18.2 Å². The van der Waals surface area contributed by atoms with Crippen LogP contribution < -0.4 is 15.4 Å². The molecule has 0 fully saturated rings. The van der Waals surface area contributed by atoms with Crippen molar-refractivity contribution >= 4 is 45.7 Å². The van der Waals surface area contributed by atoms with Crippen LogP contribution in [0.1, 0.15) is 16.2 Å². The summed E-state index contributed by atoms with van der Waals surface area (Å²) in [4.78, 5) is 39.3. The molecule has 0 aliphatic heterocycles.